The number of ether oxygens (including phenoxy) is 1. The fourth-order valence-corrected chi connectivity index (χ4v) is 2.40. The average molecular weight is 336 g/mol. The quantitative estimate of drug-likeness (QED) is 0.801. The van der Waals surface area contributed by atoms with Crippen LogP contribution < -0.4 is 10.2 Å². The van der Waals surface area contributed by atoms with Crippen molar-refractivity contribution in [2.45, 2.75) is 19.6 Å². The molecule has 0 heterocycles. The minimum atomic E-state index is 0.0981. The van der Waals surface area contributed by atoms with Crippen LogP contribution in [0, 0.1) is 0 Å². The maximum atomic E-state index is 5.54. The minimum absolute atomic E-state index is 0.0981. The van der Waals surface area contributed by atoms with E-state index in [0.29, 0.717) is 6.61 Å². The maximum Gasteiger partial charge on any atom is 0.133 e. The summed E-state index contributed by atoms with van der Waals surface area (Å²) < 4.78 is 6.16. The summed E-state index contributed by atoms with van der Waals surface area (Å²) in [6.45, 7) is 2.60. The molecule has 0 fully saturated rings. The van der Waals surface area contributed by atoms with Crippen molar-refractivity contribution >= 4 is 15.9 Å². The first-order valence-corrected chi connectivity index (χ1v) is 7.24. The van der Waals surface area contributed by atoms with Crippen molar-refractivity contribution in [2.24, 2.45) is 0 Å². The lowest BCUT2D eigenvalue weighted by Gasteiger charge is -2.15. The summed E-state index contributed by atoms with van der Waals surface area (Å²) in [4.78, 5) is 5.54. The molecule has 4 heteroatoms. The molecule has 1 unspecified atom stereocenters. The molecule has 0 aromatic heterocycles. The number of methoxy groups -OCH3 is 1. The summed E-state index contributed by atoms with van der Waals surface area (Å²) in [5.74, 6) is 0.825. The van der Waals surface area contributed by atoms with Crippen molar-refractivity contribution in [3.63, 3.8) is 0 Å². The van der Waals surface area contributed by atoms with Crippen LogP contribution in [0.5, 0.6) is 5.75 Å². The first-order chi connectivity index (χ1) is 9.70. The van der Waals surface area contributed by atoms with E-state index in [9.17, 15) is 0 Å². The highest BCUT2D eigenvalue weighted by atomic mass is 79.9. The maximum absolute atomic E-state index is 5.54. The zero-order valence-electron chi connectivity index (χ0n) is 11.6. The van der Waals surface area contributed by atoms with Gasteiger partial charge >= 0.3 is 0 Å². The van der Waals surface area contributed by atoms with Crippen LogP contribution in [-0.2, 0) is 11.4 Å². The first-order valence-electron chi connectivity index (χ1n) is 6.45. The second-order valence-corrected chi connectivity index (χ2v) is 5.36. The van der Waals surface area contributed by atoms with Crippen LogP contribution in [0.2, 0.25) is 0 Å². The lowest BCUT2D eigenvalue weighted by atomic mass is 10.1. The van der Waals surface area contributed by atoms with Gasteiger partial charge in [-0.1, -0.05) is 36.4 Å². The molecule has 0 aliphatic rings. The fraction of sp³-hybridized carbons (Fsp3) is 0.250. The van der Waals surface area contributed by atoms with E-state index in [0.717, 1.165) is 21.3 Å². The van der Waals surface area contributed by atoms with Gasteiger partial charge in [-0.2, -0.15) is 5.48 Å². The van der Waals surface area contributed by atoms with E-state index in [2.05, 4.69) is 28.3 Å². The molecule has 0 aliphatic carbocycles. The highest BCUT2D eigenvalue weighted by Gasteiger charge is 2.08. The van der Waals surface area contributed by atoms with Gasteiger partial charge < -0.3 is 4.74 Å². The summed E-state index contributed by atoms with van der Waals surface area (Å²) in [7, 11) is 1.66. The number of hydrogen-bond acceptors (Lipinski definition) is 3. The van der Waals surface area contributed by atoms with E-state index in [-0.39, 0.29) is 6.04 Å². The molecule has 0 amide bonds. The molecular formula is C16H18BrNO2. The van der Waals surface area contributed by atoms with Gasteiger partial charge in [0.1, 0.15) is 5.75 Å². The second-order valence-electron chi connectivity index (χ2n) is 4.51. The fourth-order valence-electron chi connectivity index (χ4n) is 1.84. The van der Waals surface area contributed by atoms with Gasteiger partial charge in [0.15, 0.2) is 0 Å². The molecule has 20 heavy (non-hydrogen) atoms. The molecule has 106 valence electrons. The molecule has 3 nitrogen and oxygen atoms in total. The number of benzene rings is 2. The Bertz CT molecular complexity index is 545. The summed E-state index contributed by atoms with van der Waals surface area (Å²) >= 11 is 3.49. The lowest BCUT2D eigenvalue weighted by molar-refractivity contribution is 0.00696. The van der Waals surface area contributed by atoms with E-state index >= 15 is 0 Å². The molecule has 0 bridgehead atoms. The van der Waals surface area contributed by atoms with Gasteiger partial charge in [0, 0.05) is 0 Å². The van der Waals surface area contributed by atoms with Crippen LogP contribution >= 0.6 is 15.9 Å². The van der Waals surface area contributed by atoms with Crippen molar-refractivity contribution in [1.82, 2.24) is 5.48 Å². The van der Waals surface area contributed by atoms with Crippen LogP contribution in [0.3, 0.4) is 0 Å². The molecule has 0 aliphatic heterocycles. The molecule has 2 aromatic carbocycles. The number of hydroxylamine groups is 1. The smallest absolute Gasteiger partial charge is 0.133 e. The average Bonchev–Trinajstić information content (AvgIpc) is 2.48. The van der Waals surface area contributed by atoms with Gasteiger partial charge in [0.2, 0.25) is 0 Å². The number of hydrogen-bond donors (Lipinski definition) is 1. The van der Waals surface area contributed by atoms with Gasteiger partial charge in [0.25, 0.3) is 0 Å². The number of nitrogens with one attached hydrogen (secondary N) is 1. The largest absolute Gasteiger partial charge is 0.496 e. The minimum Gasteiger partial charge on any atom is -0.496 e. The molecular weight excluding hydrogens is 318 g/mol. The predicted octanol–water partition coefficient (Wildman–Crippen LogP) is 4.24. The van der Waals surface area contributed by atoms with E-state index in [1.165, 1.54) is 0 Å². The standard InChI is InChI=1S/C16H18BrNO2/c1-12(14-8-9-16(19-2)15(17)10-14)18-20-11-13-6-4-3-5-7-13/h3-10,12,18H,11H2,1-2H3. The normalized spacial score (nSPS) is 12.2. The molecule has 2 rings (SSSR count). The van der Waals surface area contributed by atoms with Crippen molar-refractivity contribution in [2.75, 3.05) is 7.11 Å². The monoisotopic (exact) mass is 335 g/mol. The Kier molecular flexibility index (Phi) is 5.59. The summed E-state index contributed by atoms with van der Waals surface area (Å²) in [6.07, 6.45) is 0. The third-order valence-corrected chi connectivity index (χ3v) is 3.64. The van der Waals surface area contributed by atoms with Gasteiger partial charge in [-0.3, -0.25) is 4.84 Å². The van der Waals surface area contributed by atoms with E-state index in [1.54, 1.807) is 7.11 Å². The Hall–Kier alpha value is -1.36. The van der Waals surface area contributed by atoms with Crippen LogP contribution in [0.4, 0.5) is 0 Å². The van der Waals surface area contributed by atoms with E-state index < -0.39 is 0 Å². The zero-order valence-corrected chi connectivity index (χ0v) is 13.2. The SMILES string of the molecule is COc1ccc(C(C)NOCc2ccccc2)cc1Br. The second kappa shape index (κ2) is 7.43. The van der Waals surface area contributed by atoms with Crippen LogP contribution in [0.1, 0.15) is 24.1 Å². The third-order valence-electron chi connectivity index (χ3n) is 3.02. The van der Waals surface area contributed by atoms with Crippen LogP contribution in [0.15, 0.2) is 53.0 Å². The van der Waals surface area contributed by atoms with Crippen molar-refractivity contribution in [1.29, 1.82) is 0 Å². The number of rotatable bonds is 6. The highest BCUT2D eigenvalue weighted by Crippen LogP contribution is 2.27. The molecule has 1 N–H and O–H groups in total. The molecule has 0 saturated carbocycles. The number of halogens is 1. The Morgan fingerprint density at radius 3 is 2.55 bits per heavy atom. The molecule has 0 saturated heterocycles. The van der Waals surface area contributed by atoms with E-state index in [4.69, 9.17) is 9.57 Å². The Labute approximate surface area is 128 Å². The summed E-state index contributed by atoms with van der Waals surface area (Å²) in [5, 5.41) is 0. The molecule has 2 aromatic rings. The Morgan fingerprint density at radius 2 is 1.90 bits per heavy atom. The Balaban J connectivity index is 1.88. The van der Waals surface area contributed by atoms with Crippen molar-refractivity contribution in [3.8, 4) is 5.75 Å². The Morgan fingerprint density at radius 1 is 1.15 bits per heavy atom. The van der Waals surface area contributed by atoms with Gasteiger partial charge in [-0.05, 0) is 46.1 Å². The summed E-state index contributed by atoms with van der Waals surface area (Å²) in [6, 6.07) is 16.2. The lowest BCUT2D eigenvalue weighted by Crippen LogP contribution is -2.19. The van der Waals surface area contributed by atoms with Crippen LogP contribution in [0.25, 0.3) is 0 Å². The topological polar surface area (TPSA) is 30.5 Å². The van der Waals surface area contributed by atoms with E-state index in [1.807, 2.05) is 48.5 Å². The van der Waals surface area contributed by atoms with Crippen LogP contribution in [-0.4, -0.2) is 7.11 Å². The molecule has 1 atom stereocenters. The predicted molar refractivity (Wildman–Crippen MR) is 83.5 cm³/mol. The first kappa shape index (κ1) is 15.0. The highest BCUT2D eigenvalue weighted by molar-refractivity contribution is 9.10. The summed E-state index contributed by atoms with van der Waals surface area (Å²) in [5.41, 5.74) is 5.32. The van der Waals surface area contributed by atoms with Gasteiger partial charge in [-0.15, -0.1) is 0 Å². The molecule has 0 radical (unpaired) electrons. The van der Waals surface area contributed by atoms with Gasteiger partial charge in [0.05, 0.1) is 24.2 Å². The third kappa shape index (κ3) is 4.07. The van der Waals surface area contributed by atoms with Crippen molar-refractivity contribution in [3.05, 3.63) is 64.1 Å². The zero-order chi connectivity index (χ0) is 14.4. The van der Waals surface area contributed by atoms with Gasteiger partial charge in [-0.25, -0.2) is 0 Å². The molecule has 0 spiro atoms. The van der Waals surface area contributed by atoms with Crippen molar-refractivity contribution < 1.29 is 9.57 Å².